The van der Waals surface area contributed by atoms with E-state index >= 15 is 0 Å². The molecule has 2 rings (SSSR count). The van der Waals surface area contributed by atoms with E-state index in [9.17, 15) is 5.11 Å². The molecule has 3 heteroatoms. The van der Waals surface area contributed by atoms with Gasteiger partial charge < -0.3 is 16.2 Å². The fourth-order valence-corrected chi connectivity index (χ4v) is 2.39. The third-order valence-electron chi connectivity index (χ3n) is 3.26. The molecule has 1 saturated heterocycles. The smallest absolute Gasteiger partial charge is 0.119 e. The molecule has 1 aromatic carbocycles. The average Bonchev–Trinajstić information content (AvgIpc) is 2.75. The summed E-state index contributed by atoms with van der Waals surface area (Å²) in [6.07, 6.45) is 1.15. The van der Waals surface area contributed by atoms with Crippen LogP contribution in [0.2, 0.25) is 0 Å². The number of aromatic hydroxyl groups is 1. The Morgan fingerprint density at radius 2 is 2.27 bits per heavy atom. The van der Waals surface area contributed by atoms with Crippen molar-refractivity contribution in [1.29, 1.82) is 0 Å². The summed E-state index contributed by atoms with van der Waals surface area (Å²) in [4.78, 5) is 0. The van der Waals surface area contributed by atoms with Gasteiger partial charge in [0.05, 0.1) is 0 Å². The van der Waals surface area contributed by atoms with Gasteiger partial charge in [-0.1, -0.05) is 18.2 Å². The molecular weight excluding hydrogens is 188 g/mol. The molecular formula is C12H18N2O. The Hall–Kier alpha value is -1.06. The van der Waals surface area contributed by atoms with Gasteiger partial charge in [-0.05, 0) is 43.6 Å². The SMILES string of the molecule is NCC(c1ccccc1O)C1CCNC1. The molecule has 0 bridgehead atoms. The maximum absolute atomic E-state index is 9.80. The van der Waals surface area contributed by atoms with Gasteiger partial charge in [-0.2, -0.15) is 0 Å². The van der Waals surface area contributed by atoms with E-state index in [1.807, 2.05) is 18.2 Å². The first-order valence-corrected chi connectivity index (χ1v) is 5.51. The quantitative estimate of drug-likeness (QED) is 0.692. The highest BCUT2D eigenvalue weighted by Gasteiger charge is 2.26. The lowest BCUT2D eigenvalue weighted by Gasteiger charge is -2.22. The number of hydrogen-bond acceptors (Lipinski definition) is 3. The van der Waals surface area contributed by atoms with Gasteiger partial charge in [0.15, 0.2) is 0 Å². The van der Waals surface area contributed by atoms with Crippen molar-refractivity contribution in [2.45, 2.75) is 12.3 Å². The molecule has 82 valence electrons. The number of para-hydroxylation sites is 1. The summed E-state index contributed by atoms with van der Waals surface area (Å²) in [5.74, 6) is 1.21. The molecule has 1 aliphatic rings. The molecule has 1 fully saturated rings. The molecule has 0 saturated carbocycles. The lowest BCUT2D eigenvalue weighted by Crippen LogP contribution is -2.23. The first-order chi connectivity index (χ1) is 7.33. The molecule has 1 aromatic rings. The van der Waals surface area contributed by atoms with Crippen molar-refractivity contribution in [2.75, 3.05) is 19.6 Å². The number of rotatable bonds is 3. The van der Waals surface area contributed by atoms with E-state index in [1.165, 1.54) is 0 Å². The largest absolute Gasteiger partial charge is 0.508 e. The van der Waals surface area contributed by atoms with Gasteiger partial charge in [0.2, 0.25) is 0 Å². The third kappa shape index (κ3) is 2.13. The van der Waals surface area contributed by atoms with E-state index in [0.29, 0.717) is 18.2 Å². The van der Waals surface area contributed by atoms with Gasteiger partial charge in [0.1, 0.15) is 5.75 Å². The van der Waals surface area contributed by atoms with Crippen molar-refractivity contribution in [1.82, 2.24) is 5.32 Å². The standard InChI is InChI=1S/C12H18N2O/c13-7-11(9-5-6-14-8-9)10-3-1-2-4-12(10)15/h1-4,9,11,14-15H,5-8,13H2. The van der Waals surface area contributed by atoms with Crippen LogP contribution in [0.1, 0.15) is 17.9 Å². The summed E-state index contributed by atoms with van der Waals surface area (Å²) >= 11 is 0. The zero-order valence-corrected chi connectivity index (χ0v) is 8.82. The Bertz CT molecular complexity index is 321. The Kier molecular flexibility index (Phi) is 3.23. The van der Waals surface area contributed by atoms with Gasteiger partial charge >= 0.3 is 0 Å². The number of benzene rings is 1. The maximum Gasteiger partial charge on any atom is 0.119 e. The summed E-state index contributed by atoms with van der Waals surface area (Å²) in [7, 11) is 0. The van der Waals surface area contributed by atoms with E-state index in [2.05, 4.69) is 5.32 Å². The summed E-state index contributed by atoms with van der Waals surface area (Å²) in [5.41, 5.74) is 6.81. The number of phenolic OH excluding ortho intramolecular Hbond substituents is 1. The molecule has 0 aromatic heterocycles. The topological polar surface area (TPSA) is 58.3 Å². The van der Waals surface area contributed by atoms with Crippen LogP contribution in [-0.4, -0.2) is 24.7 Å². The van der Waals surface area contributed by atoms with Crippen molar-refractivity contribution in [2.24, 2.45) is 11.7 Å². The van der Waals surface area contributed by atoms with Gasteiger partial charge in [-0.3, -0.25) is 0 Å². The molecule has 15 heavy (non-hydrogen) atoms. The van der Waals surface area contributed by atoms with Crippen molar-refractivity contribution < 1.29 is 5.11 Å². The summed E-state index contributed by atoms with van der Waals surface area (Å²) in [6, 6.07) is 7.52. The minimum Gasteiger partial charge on any atom is -0.508 e. The van der Waals surface area contributed by atoms with Gasteiger partial charge in [0.25, 0.3) is 0 Å². The molecule has 1 aliphatic heterocycles. The van der Waals surface area contributed by atoms with Crippen molar-refractivity contribution in [3.63, 3.8) is 0 Å². The van der Waals surface area contributed by atoms with Crippen molar-refractivity contribution >= 4 is 0 Å². The first kappa shape index (κ1) is 10.5. The molecule has 0 spiro atoms. The third-order valence-corrected chi connectivity index (χ3v) is 3.26. The number of nitrogens with two attached hydrogens (primary N) is 1. The van der Waals surface area contributed by atoms with E-state index in [4.69, 9.17) is 5.73 Å². The second kappa shape index (κ2) is 4.64. The first-order valence-electron chi connectivity index (χ1n) is 5.51. The molecule has 1 heterocycles. The van der Waals surface area contributed by atoms with Gasteiger partial charge in [-0.15, -0.1) is 0 Å². The van der Waals surface area contributed by atoms with Gasteiger partial charge in [-0.25, -0.2) is 0 Å². The number of hydrogen-bond donors (Lipinski definition) is 3. The summed E-state index contributed by atoms with van der Waals surface area (Å²) in [6.45, 7) is 2.68. The Morgan fingerprint density at radius 1 is 1.47 bits per heavy atom. The molecule has 0 amide bonds. The molecule has 3 nitrogen and oxygen atoms in total. The zero-order chi connectivity index (χ0) is 10.7. The number of phenols is 1. The van der Waals surface area contributed by atoms with Gasteiger partial charge in [0, 0.05) is 5.92 Å². The predicted molar refractivity (Wildman–Crippen MR) is 60.9 cm³/mol. The zero-order valence-electron chi connectivity index (χ0n) is 8.82. The highest BCUT2D eigenvalue weighted by molar-refractivity contribution is 5.35. The van der Waals surface area contributed by atoms with Crippen LogP contribution < -0.4 is 11.1 Å². The van der Waals surface area contributed by atoms with Crippen LogP contribution in [0.25, 0.3) is 0 Å². The molecule has 2 atom stereocenters. The summed E-state index contributed by atoms with van der Waals surface area (Å²) < 4.78 is 0. The van der Waals surface area contributed by atoms with E-state index in [1.54, 1.807) is 6.07 Å². The molecule has 4 N–H and O–H groups in total. The second-order valence-electron chi connectivity index (χ2n) is 4.15. The van der Waals surface area contributed by atoms with E-state index in [-0.39, 0.29) is 5.92 Å². The fourth-order valence-electron chi connectivity index (χ4n) is 2.39. The normalized spacial score (nSPS) is 22.9. The Balaban J connectivity index is 2.22. The average molecular weight is 206 g/mol. The Labute approximate surface area is 90.3 Å². The lowest BCUT2D eigenvalue weighted by molar-refractivity contribution is 0.423. The maximum atomic E-state index is 9.80. The summed E-state index contributed by atoms with van der Waals surface area (Å²) in [5, 5.41) is 13.1. The predicted octanol–water partition coefficient (Wildman–Crippen LogP) is 1.04. The van der Waals surface area contributed by atoms with Crippen molar-refractivity contribution in [3.8, 4) is 5.75 Å². The minimum absolute atomic E-state index is 0.279. The highest BCUT2D eigenvalue weighted by atomic mass is 16.3. The van der Waals surface area contributed by atoms with Crippen LogP contribution in [0.15, 0.2) is 24.3 Å². The van der Waals surface area contributed by atoms with Crippen LogP contribution in [-0.2, 0) is 0 Å². The molecule has 2 unspecified atom stereocenters. The second-order valence-corrected chi connectivity index (χ2v) is 4.15. The van der Waals surface area contributed by atoms with Crippen LogP contribution >= 0.6 is 0 Å². The molecule has 0 aliphatic carbocycles. The van der Waals surface area contributed by atoms with Crippen LogP contribution in [0.3, 0.4) is 0 Å². The highest BCUT2D eigenvalue weighted by Crippen LogP contribution is 2.33. The van der Waals surface area contributed by atoms with Crippen LogP contribution in [0.4, 0.5) is 0 Å². The lowest BCUT2D eigenvalue weighted by atomic mass is 9.85. The monoisotopic (exact) mass is 206 g/mol. The fraction of sp³-hybridized carbons (Fsp3) is 0.500. The number of nitrogens with one attached hydrogen (secondary N) is 1. The van der Waals surface area contributed by atoms with Crippen LogP contribution in [0.5, 0.6) is 5.75 Å². The Morgan fingerprint density at radius 3 is 2.87 bits per heavy atom. The van der Waals surface area contributed by atoms with E-state index < -0.39 is 0 Å². The van der Waals surface area contributed by atoms with Crippen molar-refractivity contribution in [3.05, 3.63) is 29.8 Å². The van der Waals surface area contributed by atoms with E-state index in [0.717, 1.165) is 25.1 Å². The molecule has 0 radical (unpaired) electrons. The minimum atomic E-state index is 0.279. The van der Waals surface area contributed by atoms with Crippen LogP contribution in [0, 0.1) is 5.92 Å².